The van der Waals surface area contributed by atoms with Crippen LogP contribution in [0.3, 0.4) is 0 Å². The summed E-state index contributed by atoms with van der Waals surface area (Å²) in [4.78, 5) is 24.4. The maximum atomic E-state index is 12.9. The van der Waals surface area contributed by atoms with E-state index in [1.807, 2.05) is 13.0 Å². The van der Waals surface area contributed by atoms with Gasteiger partial charge in [-0.05, 0) is 54.4 Å². The molecule has 1 saturated carbocycles. The summed E-state index contributed by atoms with van der Waals surface area (Å²) in [6, 6.07) is 4.03. The van der Waals surface area contributed by atoms with Crippen molar-refractivity contribution in [3.8, 4) is 5.75 Å². The molecule has 0 heterocycles. The molecule has 0 bridgehead atoms. The van der Waals surface area contributed by atoms with Gasteiger partial charge in [-0.15, -0.1) is 0 Å². The van der Waals surface area contributed by atoms with Gasteiger partial charge in [0.1, 0.15) is 11.9 Å². The Morgan fingerprint density at radius 1 is 1.24 bits per heavy atom. The monoisotopic (exact) mass is 344 g/mol. The predicted molar refractivity (Wildman–Crippen MR) is 96.1 cm³/mol. The number of carbonyl (C=O) groups is 2. The number of benzene rings is 1. The highest BCUT2D eigenvalue weighted by molar-refractivity contribution is 6.00. The molecule has 0 radical (unpaired) electrons. The van der Waals surface area contributed by atoms with E-state index >= 15 is 0 Å². The SMILES string of the molecule is COc1cc2c(cc1C)C(=O)CC1C2(C)CCC(OC(C)=O)C1(C)C. The maximum absolute atomic E-state index is 12.9. The lowest BCUT2D eigenvalue weighted by Gasteiger charge is -2.56. The summed E-state index contributed by atoms with van der Waals surface area (Å²) in [5.41, 5.74) is 2.53. The average Bonchev–Trinajstić information content (AvgIpc) is 2.53. The Morgan fingerprint density at radius 2 is 1.92 bits per heavy atom. The van der Waals surface area contributed by atoms with Gasteiger partial charge in [-0.25, -0.2) is 0 Å². The molecule has 0 spiro atoms. The molecule has 136 valence electrons. The summed E-state index contributed by atoms with van der Waals surface area (Å²) >= 11 is 0. The quantitative estimate of drug-likeness (QED) is 0.754. The molecule has 1 aromatic carbocycles. The van der Waals surface area contributed by atoms with Crippen molar-refractivity contribution in [2.45, 2.75) is 65.4 Å². The van der Waals surface area contributed by atoms with E-state index in [1.165, 1.54) is 6.92 Å². The number of hydrogen-bond acceptors (Lipinski definition) is 4. The highest BCUT2D eigenvalue weighted by Crippen LogP contribution is 2.58. The molecular weight excluding hydrogens is 316 g/mol. The Labute approximate surface area is 149 Å². The standard InChI is InChI=1S/C21H28O4/c1-12-9-14-15(10-17(12)24-6)21(5)8-7-19(25-13(2)22)20(3,4)18(21)11-16(14)23/h9-10,18-19H,7-8,11H2,1-6H3. The highest BCUT2D eigenvalue weighted by atomic mass is 16.5. The minimum absolute atomic E-state index is 0.121. The van der Waals surface area contributed by atoms with Crippen molar-refractivity contribution in [1.29, 1.82) is 0 Å². The third kappa shape index (κ3) is 2.66. The molecule has 2 aliphatic rings. The number of ketones is 1. The molecule has 4 heteroatoms. The molecule has 0 aliphatic heterocycles. The van der Waals surface area contributed by atoms with Gasteiger partial charge in [-0.3, -0.25) is 9.59 Å². The fraction of sp³-hybridized carbons (Fsp3) is 0.619. The van der Waals surface area contributed by atoms with Gasteiger partial charge in [0.2, 0.25) is 0 Å². The summed E-state index contributed by atoms with van der Waals surface area (Å²) < 4.78 is 11.1. The average molecular weight is 344 g/mol. The molecule has 2 aliphatic carbocycles. The van der Waals surface area contributed by atoms with Gasteiger partial charge in [0.25, 0.3) is 0 Å². The lowest BCUT2D eigenvalue weighted by Crippen LogP contribution is -2.55. The summed E-state index contributed by atoms with van der Waals surface area (Å²) in [5.74, 6) is 0.889. The number of ether oxygens (including phenoxy) is 2. The number of carbonyl (C=O) groups excluding carboxylic acids is 2. The zero-order valence-corrected chi connectivity index (χ0v) is 16.1. The first-order valence-electron chi connectivity index (χ1n) is 9.00. The number of esters is 1. The van der Waals surface area contributed by atoms with Crippen LogP contribution in [-0.2, 0) is 14.9 Å². The van der Waals surface area contributed by atoms with Gasteiger partial charge in [0.15, 0.2) is 5.78 Å². The van der Waals surface area contributed by atoms with Crippen LogP contribution in [-0.4, -0.2) is 25.0 Å². The third-order valence-electron chi connectivity index (χ3n) is 6.57. The van der Waals surface area contributed by atoms with Gasteiger partial charge < -0.3 is 9.47 Å². The first-order chi connectivity index (χ1) is 11.6. The number of Topliss-reactive ketones (excluding diaryl/α,β-unsaturated/α-hetero) is 1. The van der Waals surface area contributed by atoms with Gasteiger partial charge in [-0.1, -0.05) is 20.8 Å². The van der Waals surface area contributed by atoms with E-state index in [1.54, 1.807) is 7.11 Å². The number of aryl methyl sites for hydroxylation is 1. The van der Waals surface area contributed by atoms with E-state index < -0.39 is 0 Å². The van der Waals surface area contributed by atoms with E-state index in [9.17, 15) is 9.59 Å². The summed E-state index contributed by atoms with van der Waals surface area (Å²) in [6.45, 7) is 9.95. The van der Waals surface area contributed by atoms with Crippen LogP contribution in [0.15, 0.2) is 12.1 Å². The van der Waals surface area contributed by atoms with Crippen LogP contribution in [0.25, 0.3) is 0 Å². The Hall–Kier alpha value is -1.84. The number of fused-ring (bicyclic) bond motifs is 3. The molecule has 3 unspecified atom stereocenters. The third-order valence-corrected chi connectivity index (χ3v) is 6.57. The van der Waals surface area contributed by atoms with E-state index in [0.717, 1.165) is 35.3 Å². The molecule has 3 atom stereocenters. The van der Waals surface area contributed by atoms with Crippen molar-refractivity contribution in [2.24, 2.45) is 11.3 Å². The van der Waals surface area contributed by atoms with Crippen LogP contribution in [0.2, 0.25) is 0 Å². The first kappa shape index (κ1) is 18.0. The van der Waals surface area contributed by atoms with E-state index in [-0.39, 0.29) is 34.6 Å². The predicted octanol–water partition coefficient (Wildman–Crippen LogP) is 4.22. The van der Waals surface area contributed by atoms with E-state index in [2.05, 4.69) is 26.8 Å². The Balaban J connectivity index is 2.11. The zero-order chi connectivity index (χ0) is 18.6. The van der Waals surface area contributed by atoms with Gasteiger partial charge in [-0.2, -0.15) is 0 Å². The minimum Gasteiger partial charge on any atom is -0.496 e. The zero-order valence-electron chi connectivity index (χ0n) is 16.1. The lowest BCUT2D eigenvalue weighted by molar-refractivity contribution is -0.163. The number of methoxy groups -OCH3 is 1. The molecule has 0 amide bonds. The summed E-state index contributed by atoms with van der Waals surface area (Å²) in [5, 5.41) is 0. The van der Waals surface area contributed by atoms with Gasteiger partial charge in [0, 0.05) is 24.3 Å². The van der Waals surface area contributed by atoms with Crippen molar-refractivity contribution in [3.63, 3.8) is 0 Å². The van der Waals surface area contributed by atoms with Crippen LogP contribution in [0, 0.1) is 18.3 Å². The van der Waals surface area contributed by atoms with Crippen molar-refractivity contribution in [1.82, 2.24) is 0 Å². The first-order valence-corrected chi connectivity index (χ1v) is 9.00. The van der Waals surface area contributed by atoms with E-state index in [0.29, 0.717) is 6.42 Å². The molecule has 0 aromatic heterocycles. The van der Waals surface area contributed by atoms with Crippen molar-refractivity contribution < 1.29 is 19.1 Å². The lowest BCUT2D eigenvalue weighted by atomic mass is 9.49. The van der Waals surface area contributed by atoms with Crippen molar-refractivity contribution >= 4 is 11.8 Å². The normalized spacial score (nSPS) is 30.2. The topological polar surface area (TPSA) is 52.6 Å². The Kier molecular flexibility index (Phi) is 4.21. The number of hydrogen-bond donors (Lipinski definition) is 0. The van der Waals surface area contributed by atoms with Crippen LogP contribution in [0.5, 0.6) is 5.75 Å². The molecular formula is C21H28O4. The molecule has 4 nitrogen and oxygen atoms in total. The molecule has 1 fully saturated rings. The van der Waals surface area contributed by atoms with E-state index in [4.69, 9.17) is 9.47 Å². The van der Waals surface area contributed by atoms with Crippen LogP contribution in [0.4, 0.5) is 0 Å². The fourth-order valence-corrected chi connectivity index (χ4v) is 5.15. The fourth-order valence-electron chi connectivity index (χ4n) is 5.15. The second kappa shape index (κ2) is 5.86. The maximum Gasteiger partial charge on any atom is 0.302 e. The number of rotatable bonds is 2. The highest BCUT2D eigenvalue weighted by Gasteiger charge is 2.56. The molecule has 1 aromatic rings. The molecule has 3 rings (SSSR count). The van der Waals surface area contributed by atoms with Gasteiger partial charge >= 0.3 is 5.97 Å². The van der Waals surface area contributed by atoms with Crippen LogP contribution in [0.1, 0.15) is 68.4 Å². The molecule has 0 saturated heterocycles. The summed E-state index contributed by atoms with van der Waals surface area (Å²) in [7, 11) is 1.67. The minimum atomic E-state index is -0.260. The van der Waals surface area contributed by atoms with Crippen molar-refractivity contribution in [3.05, 3.63) is 28.8 Å². The second-order valence-electron chi connectivity index (χ2n) is 8.42. The molecule has 25 heavy (non-hydrogen) atoms. The summed E-state index contributed by atoms with van der Waals surface area (Å²) in [6.07, 6.45) is 2.05. The largest absolute Gasteiger partial charge is 0.496 e. The van der Waals surface area contributed by atoms with Crippen LogP contribution >= 0.6 is 0 Å². The Morgan fingerprint density at radius 3 is 2.52 bits per heavy atom. The smallest absolute Gasteiger partial charge is 0.302 e. The van der Waals surface area contributed by atoms with Crippen LogP contribution < -0.4 is 4.74 Å². The second-order valence-corrected chi connectivity index (χ2v) is 8.42. The molecule has 0 N–H and O–H groups in total. The van der Waals surface area contributed by atoms with Crippen molar-refractivity contribution in [2.75, 3.05) is 7.11 Å². The van der Waals surface area contributed by atoms with Gasteiger partial charge in [0.05, 0.1) is 7.11 Å². The Bertz CT molecular complexity index is 734.